The number of phenolic OH excluding ortho intramolecular Hbond substituents is 1. The number of hydrogen-bond acceptors (Lipinski definition) is 6. The van der Waals surface area contributed by atoms with Gasteiger partial charge in [0.15, 0.2) is 5.76 Å². The van der Waals surface area contributed by atoms with Crippen molar-refractivity contribution in [3.8, 4) is 17.1 Å². The molecule has 0 aliphatic carbocycles. The van der Waals surface area contributed by atoms with Crippen LogP contribution >= 0.6 is 0 Å². The van der Waals surface area contributed by atoms with Gasteiger partial charge in [0.1, 0.15) is 11.9 Å². The highest BCUT2D eigenvalue weighted by atomic mass is 16.5. The van der Waals surface area contributed by atoms with Crippen molar-refractivity contribution in [3.63, 3.8) is 0 Å². The number of rotatable bonds is 6. The lowest BCUT2D eigenvalue weighted by atomic mass is 9.99. The van der Waals surface area contributed by atoms with Gasteiger partial charge in [-0.2, -0.15) is 0 Å². The lowest BCUT2D eigenvalue weighted by Gasteiger charge is -2.19. The molecular weight excluding hydrogens is 288 g/mol. The summed E-state index contributed by atoms with van der Waals surface area (Å²) in [7, 11) is 0. The molecule has 7 nitrogen and oxygen atoms in total. The minimum Gasteiger partial charge on any atom is -0.507 e. The fraction of sp³-hybridized carbons (Fsp3) is 0.333. The Balaban J connectivity index is 2.11. The number of amides is 1. The fourth-order valence-corrected chi connectivity index (χ4v) is 2.07. The Kier molecular flexibility index (Phi) is 5.13. The summed E-state index contributed by atoms with van der Waals surface area (Å²) < 4.78 is 4.99. The third kappa shape index (κ3) is 3.84. The van der Waals surface area contributed by atoms with Crippen LogP contribution in [-0.4, -0.2) is 39.0 Å². The summed E-state index contributed by atoms with van der Waals surface area (Å²) in [6.45, 7) is 1.65. The van der Waals surface area contributed by atoms with Gasteiger partial charge in [0, 0.05) is 19.5 Å². The minimum absolute atomic E-state index is 0.0135. The molecule has 0 saturated heterocycles. The molecule has 0 aliphatic rings. The number of hydrogen-bond donors (Lipinski definition) is 4. The van der Waals surface area contributed by atoms with Crippen LogP contribution in [0.4, 0.5) is 0 Å². The number of aromatic hydroxyl groups is 1. The first-order valence-corrected chi connectivity index (χ1v) is 6.83. The number of aromatic nitrogens is 1. The summed E-state index contributed by atoms with van der Waals surface area (Å²) in [5, 5.41) is 36.1. The molecule has 118 valence electrons. The molecule has 2 unspecified atom stereocenters. The van der Waals surface area contributed by atoms with Crippen LogP contribution in [0, 0.1) is 0 Å². The highest BCUT2D eigenvalue weighted by Gasteiger charge is 2.20. The second kappa shape index (κ2) is 7.06. The third-order valence-corrected chi connectivity index (χ3v) is 3.24. The van der Waals surface area contributed by atoms with E-state index in [2.05, 4.69) is 10.5 Å². The molecule has 0 radical (unpaired) electrons. The van der Waals surface area contributed by atoms with Crippen molar-refractivity contribution >= 4 is 5.91 Å². The number of benzene rings is 1. The minimum atomic E-state index is -1.14. The van der Waals surface area contributed by atoms with Crippen molar-refractivity contribution in [2.45, 2.75) is 25.6 Å². The van der Waals surface area contributed by atoms with Crippen LogP contribution in [0.15, 0.2) is 35.0 Å². The van der Waals surface area contributed by atoms with Crippen molar-refractivity contribution in [2.24, 2.45) is 0 Å². The van der Waals surface area contributed by atoms with Crippen molar-refractivity contribution in [1.82, 2.24) is 10.5 Å². The monoisotopic (exact) mass is 306 g/mol. The Morgan fingerprint density at radius 2 is 2.14 bits per heavy atom. The van der Waals surface area contributed by atoms with E-state index in [0.717, 1.165) is 0 Å². The van der Waals surface area contributed by atoms with E-state index in [1.807, 2.05) is 0 Å². The van der Waals surface area contributed by atoms with E-state index in [-0.39, 0.29) is 24.6 Å². The number of aliphatic hydroxyl groups is 2. The van der Waals surface area contributed by atoms with Crippen molar-refractivity contribution in [2.75, 3.05) is 6.54 Å². The molecule has 0 fully saturated rings. The number of carbonyl (C=O) groups is 1. The number of phenols is 1. The number of carbonyl (C=O) groups excluding carboxylic acids is 1. The maximum atomic E-state index is 10.8. The molecule has 0 bridgehead atoms. The summed E-state index contributed by atoms with van der Waals surface area (Å²) in [5.74, 6) is 0.152. The molecule has 0 aliphatic heterocycles. The van der Waals surface area contributed by atoms with E-state index in [9.17, 15) is 20.1 Å². The first-order chi connectivity index (χ1) is 10.5. The molecule has 2 atom stereocenters. The van der Waals surface area contributed by atoms with Crippen LogP contribution in [0.2, 0.25) is 0 Å². The zero-order valence-electron chi connectivity index (χ0n) is 12.1. The van der Waals surface area contributed by atoms with Crippen molar-refractivity contribution in [1.29, 1.82) is 0 Å². The molecule has 1 aromatic carbocycles. The van der Waals surface area contributed by atoms with Gasteiger partial charge in [0.2, 0.25) is 5.91 Å². The summed E-state index contributed by atoms with van der Waals surface area (Å²) in [6, 6.07) is 6.04. The summed E-state index contributed by atoms with van der Waals surface area (Å²) in [4.78, 5) is 10.8. The summed E-state index contributed by atoms with van der Waals surface area (Å²) in [5.41, 5.74) is 0.808. The Bertz CT molecular complexity index is 627. The molecule has 2 aromatic rings. The summed E-state index contributed by atoms with van der Waals surface area (Å²) in [6.07, 6.45) is -0.533. The van der Waals surface area contributed by atoms with Crippen molar-refractivity contribution in [3.05, 3.63) is 36.0 Å². The van der Waals surface area contributed by atoms with Gasteiger partial charge in [-0.15, -0.1) is 0 Å². The number of nitrogens with one attached hydrogen (secondary N) is 1. The highest BCUT2D eigenvalue weighted by molar-refractivity contribution is 5.72. The third-order valence-electron chi connectivity index (χ3n) is 3.24. The highest BCUT2D eigenvalue weighted by Crippen LogP contribution is 2.32. The molecule has 2 rings (SSSR count). The smallest absolute Gasteiger partial charge is 0.216 e. The van der Waals surface area contributed by atoms with Gasteiger partial charge in [-0.3, -0.25) is 4.79 Å². The van der Waals surface area contributed by atoms with Crippen LogP contribution in [0.5, 0.6) is 5.75 Å². The average Bonchev–Trinajstić information content (AvgIpc) is 3.00. The van der Waals surface area contributed by atoms with Crippen molar-refractivity contribution < 1.29 is 24.6 Å². The van der Waals surface area contributed by atoms with E-state index in [1.165, 1.54) is 31.3 Å². The second-order valence-electron chi connectivity index (χ2n) is 4.94. The Hall–Kier alpha value is -2.38. The lowest BCUT2D eigenvalue weighted by Crippen LogP contribution is -2.27. The Morgan fingerprint density at radius 3 is 2.77 bits per heavy atom. The Morgan fingerprint density at radius 1 is 1.36 bits per heavy atom. The van der Waals surface area contributed by atoms with Crippen LogP contribution in [-0.2, 0) is 4.79 Å². The van der Waals surface area contributed by atoms with Crippen LogP contribution in [0.1, 0.15) is 25.0 Å². The van der Waals surface area contributed by atoms with E-state index < -0.39 is 12.2 Å². The van der Waals surface area contributed by atoms with Gasteiger partial charge in [-0.25, -0.2) is 0 Å². The molecule has 1 heterocycles. The second-order valence-corrected chi connectivity index (χ2v) is 4.94. The molecule has 7 heteroatoms. The first kappa shape index (κ1) is 16.0. The van der Waals surface area contributed by atoms with Gasteiger partial charge in [0.25, 0.3) is 0 Å². The average molecular weight is 306 g/mol. The van der Waals surface area contributed by atoms with Gasteiger partial charge in [0.05, 0.1) is 17.9 Å². The largest absolute Gasteiger partial charge is 0.507 e. The molecule has 1 aromatic heterocycles. The zero-order valence-corrected chi connectivity index (χ0v) is 12.1. The predicted octanol–water partition coefficient (Wildman–Crippen LogP) is 0.968. The van der Waals surface area contributed by atoms with Gasteiger partial charge in [-0.05, 0) is 24.1 Å². The normalized spacial score (nSPS) is 13.6. The summed E-state index contributed by atoms with van der Waals surface area (Å²) >= 11 is 0. The van der Waals surface area contributed by atoms with E-state index in [1.54, 1.807) is 6.07 Å². The van der Waals surface area contributed by atoms with E-state index in [0.29, 0.717) is 16.9 Å². The standard InChI is InChI=1S/C15H18N2O5/c1-9(18)16-6-4-13(20)15(21)10-2-3-12(19)11(8-10)14-5-7-17-22-14/h2-3,5,7-8,13,15,19-21H,4,6H2,1H3,(H,16,18). The molecule has 4 N–H and O–H groups in total. The zero-order chi connectivity index (χ0) is 16.1. The SMILES string of the molecule is CC(=O)NCCC(O)C(O)c1ccc(O)c(-c2ccno2)c1. The molecule has 0 saturated carbocycles. The molecule has 1 amide bonds. The predicted molar refractivity (Wildman–Crippen MR) is 77.9 cm³/mol. The molecule has 0 spiro atoms. The molecular formula is C15H18N2O5. The first-order valence-electron chi connectivity index (χ1n) is 6.83. The van der Waals surface area contributed by atoms with E-state index >= 15 is 0 Å². The van der Waals surface area contributed by atoms with Crippen LogP contribution in [0.25, 0.3) is 11.3 Å². The maximum Gasteiger partial charge on any atom is 0.216 e. The van der Waals surface area contributed by atoms with Gasteiger partial charge >= 0.3 is 0 Å². The van der Waals surface area contributed by atoms with Crippen LogP contribution in [0.3, 0.4) is 0 Å². The van der Waals surface area contributed by atoms with Gasteiger partial charge < -0.3 is 25.2 Å². The number of nitrogens with zero attached hydrogens (tertiary/aromatic N) is 1. The van der Waals surface area contributed by atoms with E-state index in [4.69, 9.17) is 4.52 Å². The fourth-order valence-electron chi connectivity index (χ4n) is 2.07. The quantitative estimate of drug-likeness (QED) is 0.632. The molecule has 22 heavy (non-hydrogen) atoms. The Labute approximate surface area is 127 Å². The van der Waals surface area contributed by atoms with Gasteiger partial charge in [-0.1, -0.05) is 11.2 Å². The maximum absolute atomic E-state index is 10.8. The topological polar surface area (TPSA) is 116 Å². The van der Waals surface area contributed by atoms with Crippen LogP contribution < -0.4 is 5.32 Å². The number of aliphatic hydroxyl groups excluding tert-OH is 2. The lowest BCUT2D eigenvalue weighted by molar-refractivity contribution is -0.119.